The Morgan fingerprint density at radius 2 is 2.14 bits per heavy atom. The number of amides is 1. The van der Waals surface area contributed by atoms with E-state index >= 15 is 0 Å². The van der Waals surface area contributed by atoms with Gasteiger partial charge in [-0.05, 0) is 24.1 Å². The fourth-order valence-electron chi connectivity index (χ4n) is 1.91. The molecule has 0 unspecified atom stereocenters. The number of hydrogen-bond donors (Lipinski definition) is 2. The molecule has 0 spiro atoms. The fourth-order valence-corrected chi connectivity index (χ4v) is 3.26. The van der Waals surface area contributed by atoms with Crippen molar-refractivity contribution in [1.29, 1.82) is 0 Å². The van der Waals surface area contributed by atoms with Crippen molar-refractivity contribution >= 4 is 46.3 Å². The number of aliphatic carboxylic acids is 1. The molecule has 2 rings (SSSR count). The lowest BCUT2D eigenvalue weighted by Crippen LogP contribution is -2.46. The Hall–Kier alpha value is -1.70. The SMILES string of the molecule is Cc1ccccc1/C=C1\SC(=S)N([C@H](CO)C(=O)O)C1=O. The molecule has 0 saturated carbocycles. The Labute approximate surface area is 131 Å². The highest BCUT2D eigenvalue weighted by Crippen LogP contribution is 2.34. The molecule has 2 N–H and O–H groups in total. The maximum Gasteiger partial charge on any atom is 0.329 e. The fraction of sp³-hybridized carbons (Fsp3) is 0.214. The Morgan fingerprint density at radius 1 is 1.48 bits per heavy atom. The van der Waals surface area contributed by atoms with Gasteiger partial charge in [-0.15, -0.1) is 0 Å². The third-order valence-corrected chi connectivity index (χ3v) is 4.40. The van der Waals surface area contributed by atoms with Crippen LogP contribution in [0, 0.1) is 6.92 Å². The number of rotatable bonds is 4. The van der Waals surface area contributed by atoms with E-state index in [1.165, 1.54) is 0 Å². The van der Waals surface area contributed by atoms with Crippen molar-refractivity contribution in [3.63, 3.8) is 0 Å². The molecule has 5 nitrogen and oxygen atoms in total. The number of aliphatic hydroxyl groups excluding tert-OH is 1. The summed E-state index contributed by atoms with van der Waals surface area (Å²) in [5, 5.41) is 18.2. The van der Waals surface area contributed by atoms with Crippen molar-refractivity contribution in [2.45, 2.75) is 13.0 Å². The highest BCUT2D eigenvalue weighted by Gasteiger charge is 2.40. The first kappa shape index (κ1) is 15.7. The number of benzene rings is 1. The van der Waals surface area contributed by atoms with Gasteiger partial charge in [0, 0.05) is 0 Å². The standard InChI is InChI=1S/C14H13NO4S2/c1-8-4-2-3-5-9(8)6-11-12(17)15(14(20)21-11)10(7-16)13(18)19/h2-6,10,16H,7H2,1H3,(H,18,19)/b11-6-/t10-/m1/s1. The maximum atomic E-state index is 12.3. The van der Waals surface area contributed by atoms with Crippen molar-refractivity contribution in [2.24, 2.45) is 0 Å². The summed E-state index contributed by atoms with van der Waals surface area (Å²) in [4.78, 5) is 24.7. The average Bonchev–Trinajstić information content (AvgIpc) is 2.70. The number of carboxylic acids is 1. The smallest absolute Gasteiger partial charge is 0.329 e. The van der Waals surface area contributed by atoms with Gasteiger partial charge in [-0.1, -0.05) is 48.2 Å². The Morgan fingerprint density at radius 3 is 2.71 bits per heavy atom. The zero-order chi connectivity index (χ0) is 15.6. The molecule has 0 bridgehead atoms. The summed E-state index contributed by atoms with van der Waals surface area (Å²) in [6, 6.07) is 6.18. The van der Waals surface area contributed by atoms with Crippen LogP contribution >= 0.6 is 24.0 Å². The first-order valence-corrected chi connectivity index (χ1v) is 7.34. The summed E-state index contributed by atoms with van der Waals surface area (Å²) in [5.74, 6) is -1.78. The molecule has 21 heavy (non-hydrogen) atoms. The monoisotopic (exact) mass is 323 g/mol. The van der Waals surface area contributed by atoms with E-state index in [0.717, 1.165) is 27.8 Å². The lowest BCUT2D eigenvalue weighted by molar-refractivity contribution is -0.146. The molecule has 110 valence electrons. The first-order chi connectivity index (χ1) is 9.95. The zero-order valence-corrected chi connectivity index (χ0v) is 12.8. The molecule has 1 aromatic rings. The molecule has 1 atom stereocenters. The van der Waals surface area contributed by atoms with Crippen molar-refractivity contribution in [1.82, 2.24) is 4.90 Å². The van der Waals surface area contributed by atoms with Crippen LogP contribution in [0.15, 0.2) is 29.2 Å². The van der Waals surface area contributed by atoms with Gasteiger partial charge in [0.2, 0.25) is 0 Å². The molecular weight excluding hydrogens is 310 g/mol. The van der Waals surface area contributed by atoms with Crippen LogP contribution in [-0.4, -0.2) is 44.0 Å². The number of thiocarbonyl (C=S) groups is 1. The number of carbonyl (C=O) groups is 2. The second-order valence-electron chi connectivity index (χ2n) is 4.44. The zero-order valence-electron chi connectivity index (χ0n) is 11.1. The van der Waals surface area contributed by atoms with Gasteiger partial charge < -0.3 is 10.2 Å². The van der Waals surface area contributed by atoms with E-state index in [-0.39, 0.29) is 4.32 Å². The van der Waals surface area contributed by atoms with Crippen molar-refractivity contribution < 1.29 is 19.8 Å². The number of carbonyl (C=O) groups excluding carboxylic acids is 1. The number of carboxylic acid groups (broad SMARTS) is 1. The van der Waals surface area contributed by atoms with E-state index in [2.05, 4.69) is 0 Å². The molecule has 0 aromatic heterocycles. The maximum absolute atomic E-state index is 12.3. The Kier molecular flexibility index (Phi) is 4.76. The molecule has 1 fully saturated rings. The van der Waals surface area contributed by atoms with Crippen LogP contribution in [0.2, 0.25) is 0 Å². The van der Waals surface area contributed by atoms with Gasteiger partial charge in [0.25, 0.3) is 5.91 Å². The summed E-state index contributed by atoms with van der Waals surface area (Å²) < 4.78 is 0.140. The van der Waals surface area contributed by atoms with E-state index in [9.17, 15) is 9.59 Å². The molecule has 1 aromatic carbocycles. The van der Waals surface area contributed by atoms with E-state index in [1.807, 2.05) is 31.2 Å². The normalized spacial score (nSPS) is 18.4. The van der Waals surface area contributed by atoms with Crippen LogP contribution < -0.4 is 0 Å². The average molecular weight is 323 g/mol. The Balaban J connectivity index is 2.34. The lowest BCUT2D eigenvalue weighted by Gasteiger charge is -2.20. The van der Waals surface area contributed by atoms with Crippen LogP contribution in [0.5, 0.6) is 0 Å². The topological polar surface area (TPSA) is 77.8 Å². The number of aliphatic hydroxyl groups is 1. The van der Waals surface area contributed by atoms with E-state index in [4.69, 9.17) is 22.4 Å². The van der Waals surface area contributed by atoms with Gasteiger partial charge in [-0.3, -0.25) is 9.69 Å². The minimum atomic E-state index is -1.35. The minimum Gasteiger partial charge on any atom is -0.480 e. The van der Waals surface area contributed by atoms with Crippen LogP contribution in [0.25, 0.3) is 6.08 Å². The predicted octanol–water partition coefficient (Wildman–Crippen LogP) is 1.64. The number of nitrogens with zero attached hydrogens (tertiary/aromatic N) is 1. The van der Waals surface area contributed by atoms with Gasteiger partial charge in [-0.25, -0.2) is 4.79 Å². The van der Waals surface area contributed by atoms with Gasteiger partial charge >= 0.3 is 5.97 Å². The number of hydrogen-bond acceptors (Lipinski definition) is 5. The number of thioether (sulfide) groups is 1. The van der Waals surface area contributed by atoms with Crippen LogP contribution in [0.1, 0.15) is 11.1 Å². The van der Waals surface area contributed by atoms with Crippen LogP contribution in [-0.2, 0) is 9.59 Å². The number of aryl methyl sites for hydroxylation is 1. The summed E-state index contributed by atoms with van der Waals surface area (Å²) in [7, 11) is 0. The van der Waals surface area contributed by atoms with E-state index < -0.39 is 24.5 Å². The minimum absolute atomic E-state index is 0.140. The van der Waals surface area contributed by atoms with Crippen molar-refractivity contribution in [3.8, 4) is 0 Å². The molecule has 0 radical (unpaired) electrons. The quantitative estimate of drug-likeness (QED) is 0.648. The molecule has 1 aliphatic heterocycles. The van der Waals surface area contributed by atoms with Gasteiger partial charge in [0.1, 0.15) is 4.32 Å². The molecule has 1 amide bonds. The third kappa shape index (κ3) is 3.15. The van der Waals surface area contributed by atoms with Crippen LogP contribution in [0.4, 0.5) is 0 Å². The second-order valence-corrected chi connectivity index (χ2v) is 6.12. The third-order valence-electron chi connectivity index (χ3n) is 3.07. The molecule has 1 heterocycles. The summed E-state index contributed by atoms with van der Waals surface area (Å²) in [6.45, 7) is 1.24. The molecule has 1 aliphatic rings. The highest BCUT2D eigenvalue weighted by atomic mass is 32.2. The lowest BCUT2D eigenvalue weighted by atomic mass is 10.1. The van der Waals surface area contributed by atoms with Crippen molar-refractivity contribution in [3.05, 3.63) is 40.3 Å². The summed E-state index contributed by atoms with van der Waals surface area (Å²) in [5.41, 5.74) is 1.87. The summed E-state index contributed by atoms with van der Waals surface area (Å²) >= 11 is 6.10. The Bertz CT molecular complexity index is 642. The van der Waals surface area contributed by atoms with E-state index in [0.29, 0.717) is 4.91 Å². The van der Waals surface area contributed by atoms with Gasteiger partial charge in [0.15, 0.2) is 6.04 Å². The van der Waals surface area contributed by atoms with Gasteiger partial charge in [-0.2, -0.15) is 0 Å². The molecule has 0 aliphatic carbocycles. The molecular formula is C14H13NO4S2. The van der Waals surface area contributed by atoms with Crippen LogP contribution in [0.3, 0.4) is 0 Å². The predicted molar refractivity (Wildman–Crippen MR) is 84.7 cm³/mol. The molecule has 7 heteroatoms. The highest BCUT2D eigenvalue weighted by molar-refractivity contribution is 8.26. The first-order valence-electron chi connectivity index (χ1n) is 6.12. The van der Waals surface area contributed by atoms with Crippen molar-refractivity contribution in [2.75, 3.05) is 6.61 Å². The molecule has 1 saturated heterocycles. The van der Waals surface area contributed by atoms with Gasteiger partial charge in [0.05, 0.1) is 11.5 Å². The summed E-state index contributed by atoms with van der Waals surface area (Å²) in [6.07, 6.45) is 1.69. The second kappa shape index (κ2) is 6.38. The largest absolute Gasteiger partial charge is 0.480 e. The van der Waals surface area contributed by atoms with E-state index in [1.54, 1.807) is 6.08 Å².